The molecule has 0 unspecified atom stereocenters. The van der Waals surface area contributed by atoms with Crippen LogP contribution < -0.4 is 0 Å². The fraction of sp³-hybridized carbons (Fsp3) is 0.0149. The Labute approximate surface area is 401 Å². The fourth-order valence-corrected chi connectivity index (χ4v) is 11.8. The van der Waals surface area contributed by atoms with Crippen LogP contribution in [0.25, 0.3) is 99.5 Å². The molecule has 69 heavy (non-hydrogen) atoms. The Hall–Kier alpha value is -8.98. The highest BCUT2D eigenvalue weighted by Gasteiger charge is 2.47. The Morgan fingerprint density at radius 3 is 1.28 bits per heavy atom. The smallest absolute Gasteiger partial charge is 0.0720 e. The first-order valence-electron chi connectivity index (χ1n) is 23.9. The van der Waals surface area contributed by atoms with Gasteiger partial charge in [0.2, 0.25) is 0 Å². The first-order chi connectivity index (χ1) is 34.2. The van der Waals surface area contributed by atoms with Crippen LogP contribution in [0.3, 0.4) is 0 Å². The Morgan fingerprint density at radius 2 is 0.681 bits per heavy atom. The predicted molar refractivity (Wildman–Crippen MR) is 289 cm³/mol. The highest BCUT2D eigenvalue weighted by Crippen LogP contribution is 2.59. The lowest BCUT2D eigenvalue weighted by atomic mass is 9.67. The zero-order chi connectivity index (χ0) is 45.5. The van der Waals surface area contributed by atoms with Gasteiger partial charge in [-0.25, -0.2) is 0 Å². The topological polar surface area (TPSA) is 9.86 Å². The van der Waals surface area contributed by atoms with Gasteiger partial charge in [-0.1, -0.05) is 206 Å². The molecule has 1 aliphatic carbocycles. The van der Waals surface area contributed by atoms with Crippen LogP contribution in [0.2, 0.25) is 0 Å². The van der Waals surface area contributed by atoms with E-state index in [4.69, 9.17) is 0 Å². The lowest BCUT2D eigenvalue weighted by molar-refractivity contribution is 0.776. The summed E-state index contributed by atoms with van der Waals surface area (Å²) < 4.78 is 4.91. The van der Waals surface area contributed by atoms with Gasteiger partial charge in [0, 0.05) is 32.9 Å². The summed E-state index contributed by atoms with van der Waals surface area (Å²) in [5.74, 6) is 0. The molecule has 322 valence electrons. The summed E-state index contributed by atoms with van der Waals surface area (Å²) in [6.45, 7) is 0. The molecule has 0 radical (unpaired) electrons. The standard InChI is InChI=1S/C67H44N2/c1-5-17-45(18-6-1)47-29-35-53(36-30-47)68-61-28-16-14-26-56(61)58-43-49(33-40-62(58)68)50-34-41-63-59(44-50)65-64(69(63)54-37-31-48(32-38-54)46-19-7-2-8-20-46)42-39-57-55-25-13-15-27-60(55)67(66(57)65,51-21-9-3-10-22-51)52-23-11-4-12-24-52/h1-44H. The average Bonchev–Trinajstić information content (AvgIpc) is 4.06. The Kier molecular flexibility index (Phi) is 8.84. The van der Waals surface area contributed by atoms with E-state index in [1.54, 1.807) is 0 Å². The van der Waals surface area contributed by atoms with Gasteiger partial charge in [-0.05, 0) is 127 Å². The summed E-state index contributed by atoms with van der Waals surface area (Å²) in [4.78, 5) is 0. The zero-order valence-corrected chi connectivity index (χ0v) is 37.8. The van der Waals surface area contributed by atoms with E-state index >= 15 is 0 Å². The van der Waals surface area contributed by atoms with Crippen molar-refractivity contribution in [2.45, 2.75) is 5.41 Å². The number of benzene rings is 11. The molecule has 14 rings (SSSR count). The van der Waals surface area contributed by atoms with E-state index in [1.165, 1.54) is 110 Å². The largest absolute Gasteiger partial charge is 0.309 e. The second kappa shape index (κ2) is 15.6. The van der Waals surface area contributed by atoms with E-state index in [0.717, 1.165) is 11.4 Å². The van der Waals surface area contributed by atoms with Crippen LogP contribution >= 0.6 is 0 Å². The minimum absolute atomic E-state index is 0.569. The number of rotatable bonds is 7. The molecule has 0 aliphatic heterocycles. The van der Waals surface area contributed by atoms with Crippen LogP contribution in [0.1, 0.15) is 22.3 Å². The quantitative estimate of drug-likeness (QED) is 0.151. The maximum atomic E-state index is 2.49. The zero-order valence-electron chi connectivity index (χ0n) is 37.8. The third kappa shape index (κ3) is 5.92. The molecule has 11 aromatic carbocycles. The van der Waals surface area contributed by atoms with Crippen molar-refractivity contribution in [3.63, 3.8) is 0 Å². The summed E-state index contributed by atoms with van der Waals surface area (Å²) in [5, 5.41) is 4.98. The van der Waals surface area contributed by atoms with Crippen molar-refractivity contribution in [3.8, 4) is 55.9 Å². The third-order valence-corrected chi connectivity index (χ3v) is 14.8. The molecular formula is C67H44N2. The van der Waals surface area contributed by atoms with Gasteiger partial charge in [0.1, 0.15) is 0 Å². The molecule has 0 bridgehead atoms. The molecule has 1 aliphatic rings. The van der Waals surface area contributed by atoms with Crippen LogP contribution in [0.5, 0.6) is 0 Å². The maximum Gasteiger partial charge on any atom is 0.0720 e. The summed E-state index contributed by atoms with van der Waals surface area (Å²) in [6.07, 6.45) is 0. The van der Waals surface area contributed by atoms with Gasteiger partial charge in [-0.3, -0.25) is 0 Å². The number of nitrogens with zero attached hydrogens (tertiary/aromatic N) is 2. The SMILES string of the molecule is c1ccc(-c2ccc(-n3c4ccccc4c4cc(-c5ccc6c(c5)c5c7c(ccc5n6-c5ccc(-c6ccccc6)cc5)-c5ccccc5C7(c5ccccc5)c5ccccc5)ccc43)cc2)cc1. The Balaban J connectivity index is 1.02. The molecule has 13 aromatic rings. The van der Waals surface area contributed by atoms with Crippen molar-refractivity contribution in [2.24, 2.45) is 0 Å². The van der Waals surface area contributed by atoms with Crippen molar-refractivity contribution < 1.29 is 0 Å². The van der Waals surface area contributed by atoms with E-state index in [2.05, 4.69) is 276 Å². The van der Waals surface area contributed by atoms with Crippen LogP contribution in [0, 0.1) is 0 Å². The van der Waals surface area contributed by atoms with Crippen LogP contribution in [0.4, 0.5) is 0 Å². The van der Waals surface area contributed by atoms with Crippen molar-refractivity contribution in [1.82, 2.24) is 9.13 Å². The van der Waals surface area contributed by atoms with Gasteiger partial charge in [0.25, 0.3) is 0 Å². The Morgan fingerprint density at radius 1 is 0.261 bits per heavy atom. The number of fused-ring (bicyclic) bond motifs is 10. The first-order valence-corrected chi connectivity index (χ1v) is 23.9. The molecule has 0 spiro atoms. The average molecular weight is 877 g/mol. The van der Waals surface area contributed by atoms with Crippen LogP contribution in [-0.2, 0) is 5.41 Å². The first kappa shape index (κ1) is 39.2. The highest BCUT2D eigenvalue weighted by atomic mass is 15.0. The molecule has 0 fully saturated rings. The molecule has 2 heterocycles. The summed E-state index contributed by atoms with van der Waals surface area (Å²) in [6, 6.07) is 98.6. The van der Waals surface area contributed by atoms with Crippen molar-refractivity contribution in [2.75, 3.05) is 0 Å². The van der Waals surface area contributed by atoms with Gasteiger partial charge in [-0.15, -0.1) is 0 Å². The lowest BCUT2D eigenvalue weighted by Gasteiger charge is -2.34. The van der Waals surface area contributed by atoms with Crippen molar-refractivity contribution in [3.05, 3.63) is 289 Å². The molecule has 0 amide bonds. The second-order valence-electron chi connectivity index (χ2n) is 18.4. The van der Waals surface area contributed by atoms with E-state index < -0.39 is 5.41 Å². The molecule has 0 saturated carbocycles. The van der Waals surface area contributed by atoms with Crippen molar-refractivity contribution >= 4 is 43.6 Å². The number of hydrogen-bond donors (Lipinski definition) is 0. The maximum absolute atomic E-state index is 2.49. The lowest BCUT2D eigenvalue weighted by Crippen LogP contribution is -2.28. The fourth-order valence-electron chi connectivity index (χ4n) is 11.8. The molecule has 0 saturated heterocycles. The molecule has 0 atom stereocenters. The number of aromatic nitrogens is 2. The Bertz CT molecular complexity index is 4030. The normalized spacial score (nSPS) is 12.8. The minimum atomic E-state index is -0.569. The monoisotopic (exact) mass is 876 g/mol. The molecule has 2 nitrogen and oxygen atoms in total. The van der Waals surface area contributed by atoms with Gasteiger partial charge in [0.15, 0.2) is 0 Å². The van der Waals surface area contributed by atoms with Gasteiger partial charge in [-0.2, -0.15) is 0 Å². The van der Waals surface area contributed by atoms with E-state index in [1.807, 2.05) is 0 Å². The second-order valence-corrected chi connectivity index (χ2v) is 18.4. The summed E-state index contributed by atoms with van der Waals surface area (Å²) in [5.41, 5.74) is 21.4. The summed E-state index contributed by atoms with van der Waals surface area (Å²) in [7, 11) is 0. The number of hydrogen-bond acceptors (Lipinski definition) is 0. The molecule has 0 N–H and O–H groups in total. The third-order valence-electron chi connectivity index (χ3n) is 14.8. The van der Waals surface area contributed by atoms with Crippen LogP contribution in [-0.4, -0.2) is 9.13 Å². The van der Waals surface area contributed by atoms with Gasteiger partial charge < -0.3 is 9.13 Å². The highest BCUT2D eigenvalue weighted by molar-refractivity contribution is 6.17. The van der Waals surface area contributed by atoms with E-state index in [0.29, 0.717) is 0 Å². The molecule has 2 aromatic heterocycles. The van der Waals surface area contributed by atoms with Gasteiger partial charge >= 0.3 is 0 Å². The van der Waals surface area contributed by atoms with Crippen molar-refractivity contribution in [1.29, 1.82) is 0 Å². The van der Waals surface area contributed by atoms with E-state index in [-0.39, 0.29) is 0 Å². The number of para-hydroxylation sites is 1. The molecule has 2 heteroatoms. The van der Waals surface area contributed by atoms with Crippen LogP contribution in [0.15, 0.2) is 267 Å². The summed E-state index contributed by atoms with van der Waals surface area (Å²) >= 11 is 0. The van der Waals surface area contributed by atoms with E-state index in [9.17, 15) is 0 Å². The molecular weight excluding hydrogens is 833 g/mol. The van der Waals surface area contributed by atoms with Gasteiger partial charge in [0.05, 0.1) is 27.5 Å². The minimum Gasteiger partial charge on any atom is -0.309 e. The predicted octanol–water partition coefficient (Wildman–Crippen LogP) is 17.2.